The third-order valence-electron chi connectivity index (χ3n) is 2.82. The van der Waals surface area contributed by atoms with Crippen LogP contribution in [0.2, 0.25) is 0 Å². The van der Waals surface area contributed by atoms with Gasteiger partial charge in [-0.3, -0.25) is 0 Å². The highest BCUT2D eigenvalue weighted by molar-refractivity contribution is 5.59. The second-order valence-electron chi connectivity index (χ2n) is 4.11. The molecule has 1 aromatic carbocycles. The Morgan fingerprint density at radius 1 is 1.26 bits per heavy atom. The van der Waals surface area contributed by atoms with Crippen LogP contribution in [0.1, 0.15) is 12.0 Å². The molecule has 5 heteroatoms. The van der Waals surface area contributed by atoms with Crippen LogP contribution in [0.15, 0.2) is 18.2 Å². The molecular formula is C14H18N4O. The van der Waals surface area contributed by atoms with E-state index >= 15 is 0 Å². The fourth-order valence-corrected chi connectivity index (χ4v) is 1.78. The predicted octanol–water partition coefficient (Wildman–Crippen LogP) is 1.70. The topological polar surface area (TPSA) is 86.1 Å². The molecule has 0 fully saturated rings. The van der Waals surface area contributed by atoms with E-state index in [4.69, 9.17) is 21.0 Å². The Balaban J connectivity index is 2.91. The van der Waals surface area contributed by atoms with Gasteiger partial charge in [0.2, 0.25) is 0 Å². The number of nitrogens with two attached hydrogens (primary N) is 1. The molecule has 0 atom stereocenters. The standard InChI is InChI=1S/C14H18N4O/c1-19-10-9-18(8-2-6-15)13-3-4-14(17)12(11-13)5-7-16/h3-4,11H,2,5,8-10,17H2,1H3. The fourth-order valence-electron chi connectivity index (χ4n) is 1.78. The molecule has 0 radical (unpaired) electrons. The fraction of sp³-hybridized carbons (Fsp3) is 0.429. The number of ether oxygens (including phenoxy) is 1. The van der Waals surface area contributed by atoms with Gasteiger partial charge in [-0.1, -0.05) is 0 Å². The quantitative estimate of drug-likeness (QED) is 0.752. The SMILES string of the molecule is COCCN(CCC#N)c1ccc(N)c(CC#N)c1. The summed E-state index contributed by atoms with van der Waals surface area (Å²) in [4.78, 5) is 2.06. The zero-order valence-corrected chi connectivity index (χ0v) is 11.1. The lowest BCUT2D eigenvalue weighted by Gasteiger charge is -2.24. The molecule has 5 nitrogen and oxygen atoms in total. The Morgan fingerprint density at radius 2 is 2.05 bits per heavy atom. The first-order chi connectivity index (χ1) is 9.22. The molecule has 100 valence electrons. The van der Waals surface area contributed by atoms with Crippen LogP contribution in [0.3, 0.4) is 0 Å². The molecular weight excluding hydrogens is 240 g/mol. The third kappa shape index (κ3) is 4.50. The van der Waals surface area contributed by atoms with Gasteiger partial charge in [-0.2, -0.15) is 10.5 Å². The summed E-state index contributed by atoms with van der Waals surface area (Å²) in [5.41, 5.74) is 8.24. The summed E-state index contributed by atoms with van der Waals surface area (Å²) < 4.78 is 5.07. The van der Waals surface area contributed by atoms with Gasteiger partial charge < -0.3 is 15.4 Å². The number of nitriles is 2. The maximum Gasteiger partial charge on any atom is 0.0670 e. The van der Waals surface area contributed by atoms with Gasteiger partial charge in [0, 0.05) is 31.6 Å². The van der Waals surface area contributed by atoms with Crippen molar-refractivity contribution in [1.82, 2.24) is 0 Å². The largest absolute Gasteiger partial charge is 0.398 e. The van der Waals surface area contributed by atoms with Crippen molar-refractivity contribution in [3.8, 4) is 12.1 Å². The maximum atomic E-state index is 8.77. The van der Waals surface area contributed by atoms with Crippen molar-refractivity contribution >= 4 is 11.4 Å². The monoisotopic (exact) mass is 258 g/mol. The number of hydrogen-bond acceptors (Lipinski definition) is 5. The maximum absolute atomic E-state index is 8.77. The van der Waals surface area contributed by atoms with E-state index < -0.39 is 0 Å². The molecule has 1 aromatic rings. The van der Waals surface area contributed by atoms with Crippen LogP contribution >= 0.6 is 0 Å². The van der Waals surface area contributed by atoms with Gasteiger partial charge in [0.05, 0.1) is 31.6 Å². The van der Waals surface area contributed by atoms with Crippen molar-refractivity contribution in [2.75, 3.05) is 37.4 Å². The van der Waals surface area contributed by atoms with Crippen molar-refractivity contribution < 1.29 is 4.74 Å². The number of nitrogen functional groups attached to an aromatic ring is 1. The summed E-state index contributed by atoms with van der Waals surface area (Å²) in [6.45, 7) is 1.92. The highest BCUT2D eigenvalue weighted by atomic mass is 16.5. The van der Waals surface area contributed by atoms with Crippen molar-refractivity contribution in [2.24, 2.45) is 0 Å². The summed E-state index contributed by atoms with van der Waals surface area (Å²) >= 11 is 0. The molecule has 0 spiro atoms. The summed E-state index contributed by atoms with van der Waals surface area (Å²) in [5.74, 6) is 0. The Bertz CT molecular complexity index is 487. The van der Waals surface area contributed by atoms with E-state index in [1.807, 2.05) is 12.1 Å². The lowest BCUT2D eigenvalue weighted by atomic mass is 10.1. The summed E-state index contributed by atoms with van der Waals surface area (Å²) in [6.07, 6.45) is 0.734. The van der Waals surface area contributed by atoms with Crippen LogP contribution in [-0.4, -0.2) is 26.8 Å². The Morgan fingerprint density at radius 3 is 2.68 bits per heavy atom. The highest BCUT2D eigenvalue weighted by Crippen LogP contribution is 2.22. The molecule has 1 rings (SSSR count). The van der Waals surface area contributed by atoms with E-state index in [1.165, 1.54) is 0 Å². The van der Waals surface area contributed by atoms with Crippen molar-refractivity contribution in [3.63, 3.8) is 0 Å². The predicted molar refractivity (Wildman–Crippen MR) is 74.5 cm³/mol. The zero-order valence-electron chi connectivity index (χ0n) is 11.1. The molecule has 0 heterocycles. The Labute approximate surface area is 113 Å². The zero-order chi connectivity index (χ0) is 14.1. The van der Waals surface area contributed by atoms with Gasteiger partial charge in [0.1, 0.15) is 0 Å². The molecule has 0 aliphatic heterocycles. The number of nitrogens with zero attached hydrogens (tertiary/aromatic N) is 3. The number of benzene rings is 1. The van der Waals surface area contributed by atoms with Crippen LogP contribution < -0.4 is 10.6 Å². The number of hydrogen-bond donors (Lipinski definition) is 1. The van der Waals surface area contributed by atoms with Gasteiger partial charge in [-0.05, 0) is 23.8 Å². The average molecular weight is 258 g/mol. The van der Waals surface area contributed by atoms with Gasteiger partial charge >= 0.3 is 0 Å². The first kappa shape index (κ1) is 14.8. The van der Waals surface area contributed by atoms with Crippen molar-refractivity contribution in [3.05, 3.63) is 23.8 Å². The molecule has 2 N–H and O–H groups in total. The van der Waals surface area contributed by atoms with E-state index in [9.17, 15) is 0 Å². The molecule has 0 bridgehead atoms. The minimum atomic E-state index is 0.288. The van der Waals surface area contributed by atoms with E-state index in [-0.39, 0.29) is 6.42 Å². The van der Waals surface area contributed by atoms with E-state index in [2.05, 4.69) is 17.0 Å². The molecule has 0 saturated carbocycles. The average Bonchev–Trinajstić information content (AvgIpc) is 2.42. The van der Waals surface area contributed by atoms with Crippen LogP contribution in [-0.2, 0) is 11.2 Å². The van der Waals surface area contributed by atoms with Crippen LogP contribution in [0.25, 0.3) is 0 Å². The van der Waals surface area contributed by atoms with Crippen molar-refractivity contribution in [2.45, 2.75) is 12.8 Å². The molecule has 0 aromatic heterocycles. The number of rotatable bonds is 7. The molecule has 0 saturated heterocycles. The molecule has 0 unspecified atom stereocenters. The summed E-state index contributed by atoms with van der Waals surface area (Å²) in [5, 5.41) is 17.5. The molecule has 0 amide bonds. The molecule has 19 heavy (non-hydrogen) atoms. The van der Waals surface area contributed by atoms with E-state index in [0.29, 0.717) is 31.8 Å². The minimum Gasteiger partial charge on any atom is -0.398 e. The third-order valence-corrected chi connectivity index (χ3v) is 2.82. The van der Waals surface area contributed by atoms with Gasteiger partial charge in [0.25, 0.3) is 0 Å². The minimum absolute atomic E-state index is 0.288. The molecule has 0 aliphatic rings. The normalized spacial score (nSPS) is 9.63. The van der Waals surface area contributed by atoms with Gasteiger partial charge in [0.15, 0.2) is 0 Å². The van der Waals surface area contributed by atoms with E-state index in [1.54, 1.807) is 13.2 Å². The van der Waals surface area contributed by atoms with Gasteiger partial charge in [-0.15, -0.1) is 0 Å². The van der Waals surface area contributed by atoms with Crippen LogP contribution in [0.5, 0.6) is 0 Å². The van der Waals surface area contributed by atoms with Crippen LogP contribution in [0, 0.1) is 22.7 Å². The first-order valence-corrected chi connectivity index (χ1v) is 6.09. The Kier molecular flexibility index (Phi) is 6.21. The number of methoxy groups -OCH3 is 1. The molecule has 0 aliphatic carbocycles. The van der Waals surface area contributed by atoms with Gasteiger partial charge in [-0.25, -0.2) is 0 Å². The highest BCUT2D eigenvalue weighted by Gasteiger charge is 2.08. The van der Waals surface area contributed by atoms with Crippen molar-refractivity contribution in [1.29, 1.82) is 10.5 Å². The summed E-state index contributed by atoms with van der Waals surface area (Å²) in [7, 11) is 1.65. The lowest BCUT2D eigenvalue weighted by Crippen LogP contribution is -2.28. The first-order valence-electron chi connectivity index (χ1n) is 6.09. The second-order valence-corrected chi connectivity index (χ2v) is 4.11. The lowest BCUT2D eigenvalue weighted by molar-refractivity contribution is 0.205. The van der Waals surface area contributed by atoms with Crippen LogP contribution in [0.4, 0.5) is 11.4 Å². The second kappa shape index (κ2) is 7.97. The Hall–Kier alpha value is -2.24. The summed E-state index contributed by atoms with van der Waals surface area (Å²) in [6, 6.07) is 9.85. The van der Waals surface area contributed by atoms with E-state index in [0.717, 1.165) is 11.3 Å². The smallest absolute Gasteiger partial charge is 0.0670 e. The number of anilines is 2.